The number of hydrogen-bond acceptors (Lipinski definition) is 5. The van der Waals surface area contributed by atoms with Gasteiger partial charge in [-0.2, -0.15) is 11.8 Å². The molecular formula is C13H22N2O4S. The second-order valence-corrected chi connectivity index (χ2v) is 6.32. The van der Waals surface area contributed by atoms with Crippen molar-refractivity contribution >= 4 is 23.6 Å². The molecule has 2 fully saturated rings. The molecule has 2 saturated heterocycles. The van der Waals surface area contributed by atoms with Crippen molar-refractivity contribution in [1.29, 1.82) is 0 Å². The number of carboxylic acid groups (broad SMARTS) is 1. The van der Waals surface area contributed by atoms with Gasteiger partial charge in [0.05, 0.1) is 18.6 Å². The molecule has 0 saturated carbocycles. The predicted molar refractivity (Wildman–Crippen MR) is 76.9 cm³/mol. The highest BCUT2D eigenvalue weighted by atomic mass is 32.2. The summed E-state index contributed by atoms with van der Waals surface area (Å²) in [6.07, 6.45) is 2.03. The maximum absolute atomic E-state index is 12.2. The van der Waals surface area contributed by atoms with E-state index in [4.69, 9.17) is 9.84 Å². The van der Waals surface area contributed by atoms with Gasteiger partial charge >= 0.3 is 5.97 Å². The normalized spacial score (nSPS) is 24.6. The van der Waals surface area contributed by atoms with Crippen molar-refractivity contribution in [2.75, 3.05) is 37.7 Å². The topological polar surface area (TPSA) is 78.9 Å². The van der Waals surface area contributed by atoms with Crippen molar-refractivity contribution in [3.05, 3.63) is 0 Å². The number of hydrogen-bond donors (Lipinski definition) is 2. The van der Waals surface area contributed by atoms with Gasteiger partial charge in [-0.25, -0.2) is 0 Å². The van der Waals surface area contributed by atoms with Crippen LogP contribution in [0, 0.1) is 0 Å². The lowest BCUT2D eigenvalue weighted by atomic mass is 10.1. The average molecular weight is 302 g/mol. The summed E-state index contributed by atoms with van der Waals surface area (Å²) in [5.74, 6) is 0.644. The van der Waals surface area contributed by atoms with Crippen LogP contribution < -0.4 is 5.32 Å². The minimum atomic E-state index is -0.852. The van der Waals surface area contributed by atoms with Gasteiger partial charge in [-0.3, -0.25) is 9.59 Å². The maximum atomic E-state index is 12.2. The Balaban J connectivity index is 1.80. The first-order chi connectivity index (χ1) is 9.66. The summed E-state index contributed by atoms with van der Waals surface area (Å²) in [6.45, 7) is 2.56. The van der Waals surface area contributed by atoms with E-state index < -0.39 is 5.97 Å². The lowest BCUT2D eigenvalue weighted by Crippen LogP contribution is -2.49. The largest absolute Gasteiger partial charge is 0.481 e. The number of amides is 1. The smallest absolute Gasteiger partial charge is 0.305 e. The second-order valence-electron chi connectivity index (χ2n) is 5.17. The van der Waals surface area contributed by atoms with E-state index in [-0.39, 0.29) is 31.1 Å². The number of piperidine rings is 1. The summed E-state index contributed by atoms with van der Waals surface area (Å²) < 4.78 is 5.67. The molecule has 114 valence electrons. The minimum absolute atomic E-state index is 0.0199. The van der Waals surface area contributed by atoms with Crippen molar-refractivity contribution in [2.24, 2.45) is 0 Å². The van der Waals surface area contributed by atoms with Crippen LogP contribution in [0.3, 0.4) is 0 Å². The van der Waals surface area contributed by atoms with Gasteiger partial charge in [0, 0.05) is 18.1 Å². The SMILES string of the molecule is O=C(O)CC1CSCCN1C(=O)COC1CCNCC1. The fourth-order valence-corrected chi connectivity index (χ4v) is 3.65. The number of carboxylic acids is 1. The molecule has 7 heteroatoms. The predicted octanol–water partition coefficient (Wildman–Crippen LogP) is 0.174. The highest BCUT2D eigenvalue weighted by Crippen LogP contribution is 2.19. The van der Waals surface area contributed by atoms with E-state index in [1.165, 1.54) is 0 Å². The number of rotatable bonds is 5. The molecular weight excluding hydrogens is 280 g/mol. The van der Waals surface area contributed by atoms with E-state index in [2.05, 4.69) is 5.32 Å². The Morgan fingerprint density at radius 3 is 2.80 bits per heavy atom. The zero-order valence-electron chi connectivity index (χ0n) is 11.5. The van der Waals surface area contributed by atoms with E-state index in [9.17, 15) is 9.59 Å². The lowest BCUT2D eigenvalue weighted by Gasteiger charge is -2.35. The Bertz CT molecular complexity index is 347. The molecule has 1 atom stereocenters. The highest BCUT2D eigenvalue weighted by molar-refractivity contribution is 7.99. The summed E-state index contributed by atoms with van der Waals surface area (Å²) in [4.78, 5) is 24.8. The number of thioether (sulfide) groups is 1. The summed E-state index contributed by atoms with van der Waals surface area (Å²) in [6, 6.07) is -0.199. The van der Waals surface area contributed by atoms with Crippen molar-refractivity contribution in [2.45, 2.75) is 31.4 Å². The molecule has 2 aliphatic rings. The Kier molecular flexibility index (Phi) is 6.12. The standard InChI is InChI=1S/C13H22N2O4S/c16-12(8-19-11-1-3-14-4-2-11)15-5-6-20-9-10(15)7-13(17)18/h10-11,14H,1-9H2,(H,17,18). The zero-order valence-corrected chi connectivity index (χ0v) is 12.4. The van der Waals surface area contributed by atoms with Crippen molar-refractivity contribution in [3.8, 4) is 0 Å². The molecule has 1 unspecified atom stereocenters. The number of nitrogens with one attached hydrogen (secondary N) is 1. The summed E-state index contributed by atoms with van der Waals surface area (Å²) >= 11 is 1.71. The highest BCUT2D eigenvalue weighted by Gasteiger charge is 2.29. The minimum Gasteiger partial charge on any atom is -0.481 e. The van der Waals surface area contributed by atoms with Crippen LogP contribution in [0.5, 0.6) is 0 Å². The van der Waals surface area contributed by atoms with E-state index in [0.29, 0.717) is 12.3 Å². The van der Waals surface area contributed by atoms with Gasteiger partial charge in [-0.1, -0.05) is 0 Å². The summed E-state index contributed by atoms with van der Waals surface area (Å²) in [5.41, 5.74) is 0. The van der Waals surface area contributed by atoms with Crippen LogP contribution in [0.4, 0.5) is 0 Å². The average Bonchev–Trinajstić information content (AvgIpc) is 2.46. The van der Waals surface area contributed by atoms with Gasteiger partial charge < -0.3 is 20.1 Å². The van der Waals surface area contributed by atoms with E-state index >= 15 is 0 Å². The summed E-state index contributed by atoms with van der Waals surface area (Å²) in [5, 5.41) is 12.2. The molecule has 2 rings (SSSR count). The third kappa shape index (κ3) is 4.64. The van der Waals surface area contributed by atoms with Gasteiger partial charge in [0.2, 0.25) is 5.91 Å². The van der Waals surface area contributed by atoms with Crippen LogP contribution in [-0.2, 0) is 14.3 Å². The Morgan fingerprint density at radius 2 is 2.10 bits per heavy atom. The molecule has 0 aromatic rings. The first-order valence-electron chi connectivity index (χ1n) is 7.08. The maximum Gasteiger partial charge on any atom is 0.305 e. The molecule has 20 heavy (non-hydrogen) atoms. The molecule has 2 N–H and O–H groups in total. The molecule has 0 aromatic heterocycles. The third-order valence-electron chi connectivity index (χ3n) is 3.69. The van der Waals surface area contributed by atoms with Crippen molar-refractivity contribution < 1.29 is 19.4 Å². The zero-order chi connectivity index (χ0) is 14.4. The first kappa shape index (κ1) is 15.6. The molecule has 0 spiro atoms. The fourth-order valence-electron chi connectivity index (χ4n) is 2.59. The number of nitrogens with zero attached hydrogens (tertiary/aromatic N) is 1. The molecule has 1 amide bonds. The Hall–Kier alpha value is -0.790. The van der Waals surface area contributed by atoms with Crippen LogP contribution in [0.15, 0.2) is 0 Å². The van der Waals surface area contributed by atoms with E-state index in [1.54, 1.807) is 16.7 Å². The van der Waals surface area contributed by atoms with Gasteiger partial charge in [-0.05, 0) is 25.9 Å². The van der Waals surface area contributed by atoms with E-state index in [0.717, 1.165) is 31.7 Å². The van der Waals surface area contributed by atoms with Crippen LogP contribution in [0.25, 0.3) is 0 Å². The number of carbonyl (C=O) groups is 2. The van der Waals surface area contributed by atoms with E-state index in [1.807, 2.05) is 0 Å². The number of aliphatic carboxylic acids is 1. The van der Waals surface area contributed by atoms with Gasteiger partial charge in [-0.15, -0.1) is 0 Å². The lowest BCUT2D eigenvalue weighted by molar-refractivity contribution is -0.143. The molecule has 6 nitrogen and oxygen atoms in total. The fraction of sp³-hybridized carbons (Fsp3) is 0.846. The van der Waals surface area contributed by atoms with Gasteiger partial charge in [0.25, 0.3) is 0 Å². The molecule has 2 heterocycles. The van der Waals surface area contributed by atoms with Crippen LogP contribution >= 0.6 is 11.8 Å². The molecule has 0 aliphatic carbocycles. The van der Waals surface area contributed by atoms with Crippen LogP contribution in [0.2, 0.25) is 0 Å². The molecule has 0 radical (unpaired) electrons. The summed E-state index contributed by atoms with van der Waals surface area (Å²) in [7, 11) is 0. The second kappa shape index (κ2) is 7.85. The van der Waals surface area contributed by atoms with Crippen LogP contribution in [0.1, 0.15) is 19.3 Å². The molecule has 2 aliphatic heterocycles. The van der Waals surface area contributed by atoms with Crippen LogP contribution in [-0.4, -0.2) is 71.8 Å². The Labute approximate surface area is 123 Å². The molecule has 0 aromatic carbocycles. The van der Waals surface area contributed by atoms with Gasteiger partial charge in [0.15, 0.2) is 0 Å². The number of ether oxygens (including phenoxy) is 1. The van der Waals surface area contributed by atoms with Crippen molar-refractivity contribution in [1.82, 2.24) is 10.2 Å². The Morgan fingerprint density at radius 1 is 1.35 bits per heavy atom. The quantitative estimate of drug-likeness (QED) is 0.754. The monoisotopic (exact) mass is 302 g/mol. The molecule has 0 bridgehead atoms. The number of carbonyl (C=O) groups excluding carboxylic acids is 1. The third-order valence-corrected chi connectivity index (χ3v) is 4.78. The van der Waals surface area contributed by atoms with Crippen molar-refractivity contribution in [3.63, 3.8) is 0 Å². The first-order valence-corrected chi connectivity index (χ1v) is 8.23. The van der Waals surface area contributed by atoms with Gasteiger partial charge in [0.1, 0.15) is 6.61 Å².